The Balaban J connectivity index is 1.95. The number of nitrogens with zero attached hydrogens (tertiary/aromatic N) is 1. The number of carbonyl (C=O) groups excluding carboxylic acids is 1. The van der Waals surface area contributed by atoms with Gasteiger partial charge >= 0.3 is 0 Å². The van der Waals surface area contributed by atoms with Crippen LogP contribution < -0.4 is 4.74 Å². The number of halogens is 2. The molecule has 0 radical (unpaired) electrons. The fourth-order valence-electron chi connectivity index (χ4n) is 2.21. The van der Waals surface area contributed by atoms with Crippen molar-refractivity contribution in [2.75, 3.05) is 20.2 Å². The smallest absolute Gasteiger partial charge is 0.240 e. The molecule has 140 valence electrons. The zero-order valence-electron chi connectivity index (χ0n) is 14.4. The van der Waals surface area contributed by atoms with Gasteiger partial charge in [-0.25, -0.2) is 12.8 Å². The molecule has 0 aliphatic carbocycles. The average Bonchev–Trinajstić information content (AvgIpc) is 2.62. The van der Waals surface area contributed by atoms with Crippen LogP contribution in [-0.4, -0.2) is 44.7 Å². The molecule has 2 rings (SSSR count). The van der Waals surface area contributed by atoms with Crippen LogP contribution in [0.2, 0.25) is 5.02 Å². The largest absolute Gasteiger partial charge is 0.492 e. The highest BCUT2D eigenvalue weighted by atomic mass is 35.5. The van der Waals surface area contributed by atoms with Gasteiger partial charge in [0, 0.05) is 12.1 Å². The predicted molar refractivity (Wildman–Crippen MR) is 97.6 cm³/mol. The summed E-state index contributed by atoms with van der Waals surface area (Å²) in [7, 11) is -2.39. The van der Waals surface area contributed by atoms with Crippen molar-refractivity contribution in [1.82, 2.24) is 4.90 Å². The van der Waals surface area contributed by atoms with Gasteiger partial charge in [-0.1, -0.05) is 11.6 Å². The van der Waals surface area contributed by atoms with Crippen LogP contribution in [0.5, 0.6) is 5.75 Å². The van der Waals surface area contributed by atoms with Gasteiger partial charge in [-0.3, -0.25) is 4.79 Å². The minimum Gasteiger partial charge on any atom is -0.492 e. The lowest BCUT2D eigenvalue weighted by molar-refractivity contribution is -0.129. The molecule has 0 bridgehead atoms. The Labute approximate surface area is 157 Å². The van der Waals surface area contributed by atoms with Crippen molar-refractivity contribution in [1.29, 1.82) is 0 Å². The van der Waals surface area contributed by atoms with Crippen molar-refractivity contribution >= 4 is 27.3 Å². The van der Waals surface area contributed by atoms with E-state index in [1.165, 1.54) is 18.9 Å². The zero-order valence-corrected chi connectivity index (χ0v) is 15.9. The third-order valence-corrected chi connectivity index (χ3v) is 6.15. The number of ether oxygens (including phenoxy) is 1. The molecule has 5 nitrogen and oxygen atoms in total. The van der Waals surface area contributed by atoms with Crippen molar-refractivity contribution in [3.8, 4) is 5.75 Å². The van der Waals surface area contributed by atoms with Gasteiger partial charge in [-0.15, -0.1) is 0 Å². The maximum absolute atomic E-state index is 13.0. The van der Waals surface area contributed by atoms with Crippen LogP contribution >= 0.6 is 11.6 Å². The molecule has 1 amide bonds. The van der Waals surface area contributed by atoms with E-state index in [0.29, 0.717) is 10.8 Å². The van der Waals surface area contributed by atoms with Crippen LogP contribution in [0.1, 0.15) is 6.92 Å². The molecule has 0 fully saturated rings. The highest BCUT2D eigenvalue weighted by Crippen LogP contribution is 2.18. The highest BCUT2D eigenvalue weighted by Gasteiger charge is 2.31. The van der Waals surface area contributed by atoms with E-state index in [0.717, 1.165) is 24.3 Å². The molecule has 0 aromatic heterocycles. The lowest BCUT2D eigenvalue weighted by atomic mass is 10.3. The van der Waals surface area contributed by atoms with E-state index in [4.69, 9.17) is 16.3 Å². The van der Waals surface area contributed by atoms with E-state index in [1.54, 1.807) is 24.3 Å². The minimum absolute atomic E-state index is 0.0921. The van der Waals surface area contributed by atoms with E-state index >= 15 is 0 Å². The zero-order chi connectivity index (χ0) is 19.3. The first-order valence-electron chi connectivity index (χ1n) is 7.84. The molecule has 2 aromatic rings. The number of benzene rings is 2. The van der Waals surface area contributed by atoms with Gasteiger partial charge in [-0.2, -0.15) is 0 Å². The first-order valence-corrected chi connectivity index (χ1v) is 9.77. The van der Waals surface area contributed by atoms with Crippen molar-refractivity contribution in [2.45, 2.75) is 17.1 Å². The van der Waals surface area contributed by atoms with Crippen LogP contribution in [-0.2, 0) is 14.6 Å². The van der Waals surface area contributed by atoms with Crippen molar-refractivity contribution < 1.29 is 22.3 Å². The SMILES string of the molecule is C[C@H](C(=O)N(C)CCOc1ccc(Cl)cc1)S(=O)(=O)c1ccc(F)cc1. The third-order valence-electron chi connectivity index (χ3n) is 3.84. The van der Waals surface area contributed by atoms with Gasteiger partial charge in [0.05, 0.1) is 11.4 Å². The van der Waals surface area contributed by atoms with Gasteiger partial charge in [0.15, 0.2) is 9.84 Å². The number of rotatable bonds is 7. The molecule has 0 aliphatic rings. The van der Waals surface area contributed by atoms with Crippen molar-refractivity contribution in [3.63, 3.8) is 0 Å². The summed E-state index contributed by atoms with van der Waals surface area (Å²) in [6.07, 6.45) is 0. The molecule has 0 heterocycles. The first kappa shape index (κ1) is 20.2. The van der Waals surface area contributed by atoms with Gasteiger partial charge in [0.1, 0.15) is 23.4 Å². The maximum atomic E-state index is 13.0. The van der Waals surface area contributed by atoms with E-state index in [2.05, 4.69) is 0 Å². The number of likely N-dealkylation sites (N-methyl/N-ethyl adjacent to an activating group) is 1. The highest BCUT2D eigenvalue weighted by molar-refractivity contribution is 7.92. The monoisotopic (exact) mass is 399 g/mol. The second-order valence-corrected chi connectivity index (χ2v) is 8.41. The summed E-state index contributed by atoms with van der Waals surface area (Å²) in [4.78, 5) is 13.6. The van der Waals surface area contributed by atoms with Crippen LogP contribution in [0.25, 0.3) is 0 Å². The number of hydrogen-bond acceptors (Lipinski definition) is 4. The normalized spacial score (nSPS) is 12.5. The number of hydrogen-bond donors (Lipinski definition) is 0. The van der Waals surface area contributed by atoms with Crippen LogP contribution in [0.3, 0.4) is 0 Å². The fourth-order valence-corrected chi connectivity index (χ4v) is 3.71. The molecule has 8 heteroatoms. The Morgan fingerprint density at radius 3 is 2.31 bits per heavy atom. The van der Waals surface area contributed by atoms with Gasteiger partial charge in [0.2, 0.25) is 5.91 Å². The molecule has 0 unspecified atom stereocenters. The topological polar surface area (TPSA) is 63.7 Å². The van der Waals surface area contributed by atoms with Crippen molar-refractivity contribution in [2.24, 2.45) is 0 Å². The molecule has 0 saturated carbocycles. The summed E-state index contributed by atoms with van der Waals surface area (Å²) in [5.74, 6) is -0.504. The van der Waals surface area contributed by atoms with Crippen LogP contribution in [0.15, 0.2) is 53.4 Å². The van der Waals surface area contributed by atoms with Gasteiger partial charge in [-0.05, 0) is 55.5 Å². The lowest BCUT2D eigenvalue weighted by Gasteiger charge is -2.21. The number of amides is 1. The average molecular weight is 400 g/mol. The summed E-state index contributed by atoms with van der Waals surface area (Å²) >= 11 is 5.79. The quantitative estimate of drug-likeness (QED) is 0.671. The summed E-state index contributed by atoms with van der Waals surface area (Å²) in [5, 5.41) is -0.696. The summed E-state index contributed by atoms with van der Waals surface area (Å²) in [5.41, 5.74) is 0. The molecule has 2 aromatic carbocycles. The first-order chi connectivity index (χ1) is 12.2. The Morgan fingerprint density at radius 1 is 1.15 bits per heavy atom. The molecule has 0 N–H and O–H groups in total. The Morgan fingerprint density at radius 2 is 1.73 bits per heavy atom. The number of carbonyl (C=O) groups is 1. The van der Waals surface area contributed by atoms with Gasteiger partial charge in [0.25, 0.3) is 0 Å². The van der Waals surface area contributed by atoms with E-state index < -0.39 is 26.8 Å². The van der Waals surface area contributed by atoms with E-state index in [-0.39, 0.29) is 18.0 Å². The second kappa shape index (κ2) is 8.51. The minimum atomic E-state index is -3.90. The molecule has 1 atom stereocenters. The Bertz CT molecular complexity index is 854. The Kier molecular flexibility index (Phi) is 6.61. The van der Waals surface area contributed by atoms with Crippen LogP contribution in [0, 0.1) is 5.82 Å². The molecule has 26 heavy (non-hydrogen) atoms. The molecular formula is C18H19ClFNO4S. The molecular weight excluding hydrogens is 381 g/mol. The summed E-state index contributed by atoms with van der Waals surface area (Å²) < 4.78 is 43.5. The van der Waals surface area contributed by atoms with Gasteiger partial charge < -0.3 is 9.64 Å². The fraction of sp³-hybridized carbons (Fsp3) is 0.278. The maximum Gasteiger partial charge on any atom is 0.240 e. The predicted octanol–water partition coefficient (Wildman–Crippen LogP) is 3.18. The molecule has 0 saturated heterocycles. The summed E-state index contributed by atoms with van der Waals surface area (Å²) in [6.45, 7) is 1.73. The van der Waals surface area contributed by atoms with Crippen molar-refractivity contribution in [3.05, 3.63) is 59.4 Å². The summed E-state index contributed by atoms with van der Waals surface area (Å²) in [6, 6.07) is 11.2. The van der Waals surface area contributed by atoms with E-state index in [9.17, 15) is 17.6 Å². The third kappa shape index (κ3) is 4.95. The van der Waals surface area contributed by atoms with E-state index in [1.807, 2.05) is 0 Å². The standard InChI is InChI=1S/C18H19ClFNO4S/c1-13(26(23,24)17-9-5-15(20)6-10-17)18(22)21(2)11-12-25-16-7-3-14(19)4-8-16/h3-10,13H,11-12H2,1-2H3/t13-/m1/s1. The lowest BCUT2D eigenvalue weighted by Crippen LogP contribution is -2.41. The second-order valence-electron chi connectivity index (χ2n) is 5.70. The van der Waals surface area contributed by atoms with Crippen LogP contribution in [0.4, 0.5) is 4.39 Å². The number of sulfone groups is 1. The molecule has 0 aliphatic heterocycles. The Hall–Kier alpha value is -2.12. The molecule has 0 spiro atoms.